The Morgan fingerprint density at radius 3 is 2.63 bits per heavy atom. The minimum Gasteiger partial charge on any atom is -0.366 e. The molecule has 0 radical (unpaired) electrons. The zero-order valence-electron chi connectivity index (χ0n) is 18.4. The van der Waals surface area contributed by atoms with Gasteiger partial charge in [0.1, 0.15) is 22.3 Å². The Hall–Kier alpha value is -2.96. The second-order valence-corrected chi connectivity index (χ2v) is 11.0. The van der Waals surface area contributed by atoms with Crippen molar-refractivity contribution in [2.75, 3.05) is 18.4 Å². The first kappa shape index (κ1) is 23.8. The van der Waals surface area contributed by atoms with Crippen LogP contribution in [0.2, 0.25) is 0 Å². The van der Waals surface area contributed by atoms with Crippen LogP contribution in [0.15, 0.2) is 64.4 Å². The first-order chi connectivity index (χ1) is 16.8. The molecule has 0 saturated carbocycles. The van der Waals surface area contributed by atoms with E-state index in [9.17, 15) is 17.2 Å². The van der Waals surface area contributed by atoms with Crippen molar-refractivity contribution in [2.24, 2.45) is 0 Å². The van der Waals surface area contributed by atoms with Crippen LogP contribution in [0.5, 0.6) is 0 Å². The quantitative estimate of drug-likeness (QED) is 0.375. The fraction of sp³-hybridized carbons (Fsp3) is 0.261. The number of piperidine rings is 1. The normalized spacial score (nSPS) is 15.5. The molecule has 12 heteroatoms. The van der Waals surface area contributed by atoms with Crippen LogP contribution in [0.25, 0.3) is 5.65 Å². The van der Waals surface area contributed by atoms with Gasteiger partial charge in [0.15, 0.2) is 5.65 Å². The van der Waals surface area contributed by atoms with E-state index >= 15 is 0 Å². The number of benzene rings is 1. The highest BCUT2D eigenvalue weighted by atomic mass is 79.9. The Balaban J connectivity index is 1.36. The molecule has 3 aromatic heterocycles. The molecule has 0 aliphatic carbocycles. The molecule has 8 nitrogen and oxygen atoms in total. The highest BCUT2D eigenvalue weighted by molar-refractivity contribution is 9.10. The molecule has 4 heterocycles. The van der Waals surface area contributed by atoms with E-state index in [1.807, 2.05) is 18.2 Å². The van der Waals surface area contributed by atoms with E-state index in [1.54, 1.807) is 23.1 Å². The number of sulfonamides is 1. The van der Waals surface area contributed by atoms with Crippen molar-refractivity contribution >= 4 is 37.4 Å². The van der Waals surface area contributed by atoms with Gasteiger partial charge in [0, 0.05) is 55.8 Å². The van der Waals surface area contributed by atoms with Crippen LogP contribution in [-0.4, -0.2) is 45.4 Å². The van der Waals surface area contributed by atoms with Crippen molar-refractivity contribution in [3.8, 4) is 0 Å². The summed E-state index contributed by atoms with van der Waals surface area (Å²) in [4.78, 5) is 8.40. The van der Waals surface area contributed by atoms with Crippen LogP contribution in [0.3, 0.4) is 0 Å². The van der Waals surface area contributed by atoms with Crippen molar-refractivity contribution in [3.63, 3.8) is 0 Å². The monoisotopic (exact) mass is 562 g/mol. The molecule has 0 unspecified atom stereocenters. The lowest BCUT2D eigenvalue weighted by Gasteiger charge is -2.31. The maximum absolute atomic E-state index is 14.2. The van der Waals surface area contributed by atoms with Gasteiger partial charge in [0.2, 0.25) is 10.0 Å². The Kier molecular flexibility index (Phi) is 6.51. The lowest BCUT2D eigenvalue weighted by atomic mass is 9.94. The number of halogens is 3. The van der Waals surface area contributed by atoms with E-state index < -0.39 is 26.6 Å². The summed E-state index contributed by atoms with van der Waals surface area (Å²) in [7, 11) is -4.06. The lowest BCUT2D eigenvalue weighted by Crippen LogP contribution is -2.38. The molecule has 1 saturated heterocycles. The van der Waals surface area contributed by atoms with E-state index in [1.165, 1.54) is 4.31 Å². The van der Waals surface area contributed by atoms with Crippen LogP contribution in [0.1, 0.15) is 30.0 Å². The van der Waals surface area contributed by atoms with Gasteiger partial charge in [-0.2, -0.15) is 13.9 Å². The maximum Gasteiger partial charge on any atom is 0.245 e. The fourth-order valence-electron chi connectivity index (χ4n) is 4.20. The number of pyridine rings is 1. The summed E-state index contributed by atoms with van der Waals surface area (Å²) in [6.45, 7) is 0.953. The van der Waals surface area contributed by atoms with Gasteiger partial charge in [-0.15, -0.1) is 0 Å². The number of nitrogens with one attached hydrogen (secondary N) is 1. The summed E-state index contributed by atoms with van der Waals surface area (Å²) in [5.41, 5.74) is 2.48. The summed E-state index contributed by atoms with van der Waals surface area (Å²) in [5.74, 6) is -1.15. The predicted octanol–water partition coefficient (Wildman–Crippen LogP) is 4.35. The molecule has 1 fully saturated rings. The molecule has 5 rings (SSSR count). The zero-order valence-corrected chi connectivity index (χ0v) is 20.8. The summed E-state index contributed by atoms with van der Waals surface area (Å²) in [5, 5.41) is 7.77. The number of rotatable bonds is 6. The first-order valence-electron chi connectivity index (χ1n) is 10.9. The van der Waals surface area contributed by atoms with Crippen molar-refractivity contribution in [3.05, 3.63) is 82.4 Å². The van der Waals surface area contributed by atoms with Crippen molar-refractivity contribution in [1.29, 1.82) is 0 Å². The van der Waals surface area contributed by atoms with Gasteiger partial charge in [-0.25, -0.2) is 22.2 Å². The number of hydrogen-bond acceptors (Lipinski definition) is 6. The van der Waals surface area contributed by atoms with Gasteiger partial charge in [0.05, 0.1) is 10.7 Å². The van der Waals surface area contributed by atoms with E-state index in [2.05, 4.69) is 31.3 Å². The third-order valence-corrected chi connectivity index (χ3v) is 8.52. The molecule has 1 N–H and O–H groups in total. The topological polar surface area (TPSA) is 92.5 Å². The molecule has 35 heavy (non-hydrogen) atoms. The van der Waals surface area contributed by atoms with Crippen LogP contribution in [-0.2, 0) is 16.6 Å². The molecule has 0 amide bonds. The van der Waals surface area contributed by atoms with Crippen molar-refractivity contribution in [1.82, 2.24) is 23.9 Å². The maximum atomic E-state index is 14.2. The SMILES string of the molecule is O=S(=O)(c1ccc(F)cc1F)N1CCC(c2cc(NCc3cccnc3)n3ncc(Br)c3n2)CC1. The number of aromatic nitrogens is 4. The summed E-state index contributed by atoms with van der Waals surface area (Å²) in [6.07, 6.45) is 6.20. The molecular formula is C23H21BrF2N6O2S. The summed E-state index contributed by atoms with van der Waals surface area (Å²) < 4.78 is 57.0. The van der Waals surface area contributed by atoms with E-state index in [-0.39, 0.29) is 19.0 Å². The molecule has 0 bridgehead atoms. The van der Waals surface area contributed by atoms with Crippen LogP contribution in [0.4, 0.5) is 14.6 Å². The highest BCUT2D eigenvalue weighted by Crippen LogP contribution is 2.33. The Morgan fingerprint density at radius 2 is 1.91 bits per heavy atom. The van der Waals surface area contributed by atoms with Crippen molar-refractivity contribution in [2.45, 2.75) is 30.2 Å². The van der Waals surface area contributed by atoms with Gasteiger partial charge in [-0.1, -0.05) is 6.07 Å². The Morgan fingerprint density at radius 1 is 1.11 bits per heavy atom. The lowest BCUT2D eigenvalue weighted by molar-refractivity contribution is 0.315. The van der Waals surface area contributed by atoms with Gasteiger partial charge < -0.3 is 5.32 Å². The predicted molar refractivity (Wildman–Crippen MR) is 129 cm³/mol. The molecule has 1 aliphatic rings. The van der Waals surface area contributed by atoms with Crippen molar-refractivity contribution < 1.29 is 17.2 Å². The Bertz CT molecular complexity index is 1470. The third kappa shape index (κ3) is 4.78. The largest absolute Gasteiger partial charge is 0.366 e. The average Bonchev–Trinajstić information content (AvgIpc) is 3.24. The minimum atomic E-state index is -4.06. The van der Waals surface area contributed by atoms with Gasteiger partial charge in [0.25, 0.3) is 0 Å². The molecule has 0 atom stereocenters. The standard InChI is InChI=1S/C23H21BrF2N6O2S/c24-18-14-29-32-22(28-13-15-2-1-7-27-12-15)11-20(30-23(18)32)16-5-8-31(9-6-16)35(33,34)21-4-3-17(25)10-19(21)26/h1-4,7,10-12,14,16,28H,5-6,8-9,13H2. The van der Waals surface area contributed by atoms with Crippen LogP contribution in [0, 0.1) is 11.6 Å². The molecule has 1 aromatic carbocycles. The Labute approximate surface area is 209 Å². The average molecular weight is 563 g/mol. The second kappa shape index (κ2) is 9.59. The fourth-order valence-corrected chi connectivity index (χ4v) is 6.06. The highest BCUT2D eigenvalue weighted by Gasteiger charge is 2.32. The van der Waals surface area contributed by atoms with Crippen LogP contribution < -0.4 is 5.32 Å². The smallest absolute Gasteiger partial charge is 0.245 e. The van der Waals surface area contributed by atoms with Gasteiger partial charge >= 0.3 is 0 Å². The molecule has 0 spiro atoms. The van der Waals surface area contributed by atoms with Gasteiger partial charge in [-0.3, -0.25) is 4.98 Å². The summed E-state index contributed by atoms with van der Waals surface area (Å²) in [6, 6.07) is 8.27. The summed E-state index contributed by atoms with van der Waals surface area (Å²) >= 11 is 3.50. The number of anilines is 1. The number of fused-ring (bicyclic) bond motifs is 1. The molecular weight excluding hydrogens is 542 g/mol. The minimum absolute atomic E-state index is 0.00487. The third-order valence-electron chi connectivity index (χ3n) is 6.03. The molecule has 1 aliphatic heterocycles. The van der Waals surface area contributed by atoms with E-state index in [4.69, 9.17) is 4.98 Å². The van der Waals surface area contributed by atoms with Gasteiger partial charge in [-0.05, 0) is 52.5 Å². The zero-order chi connectivity index (χ0) is 24.6. The number of hydrogen-bond donors (Lipinski definition) is 1. The molecule has 4 aromatic rings. The number of nitrogens with zero attached hydrogens (tertiary/aromatic N) is 5. The first-order valence-corrected chi connectivity index (χ1v) is 13.2. The van der Waals surface area contributed by atoms with E-state index in [0.29, 0.717) is 31.1 Å². The second-order valence-electron chi connectivity index (χ2n) is 8.26. The van der Waals surface area contributed by atoms with E-state index in [0.717, 1.165) is 33.7 Å². The van der Waals surface area contributed by atoms with Crippen LogP contribution >= 0.6 is 15.9 Å². The molecule has 182 valence electrons.